The Morgan fingerprint density at radius 3 is 2.57 bits per heavy atom. The zero-order valence-corrected chi connectivity index (χ0v) is 13.5. The number of hydrogen-bond acceptors (Lipinski definition) is 3. The summed E-state index contributed by atoms with van der Waals surface area (Å²) in [6, 6.07) is 11.4. The van der Waals surface area contributed by atoms with Crippen molar-refractivity contribution >= 4 is 39.8 Å². The molecule has 1 atom stereocenters. The molecule has 0 aliphatic carbocycles. The van der Waals surface area contributed by atoms with Gasteiger partial charge in [0, 0.05) is 15.5 Å². The van der Waals surface area contributed by atoms with Crippen molar-refractivity contribution in [2.45, 2.75) is 4.90 Å². The van der Waals surface area contributed by atoms with Crippen LogP contribution in [-0.2, 0) is 10.8 Å². The maximum Gasteiger partial charge on any atom is 0.175 e. The number of carbonyl (C=O) groups is 1. The molecule has 0 saturated heterocycles. The normalized spacial score (nSPS) is 12.0. The van der Waals surface area contributed by atoms with E-state index < -0.39 is 10.8 Å². The summed E-state index contributed by atoms with van der Waals surface area (Å²) in [4.78, 5) is 12.7. The molecule has 2 aromatic rings. The maximum atomic E-state index is 12.2. The third-order valence-electron chi connectivity index (χ3n) is 2.79. The second-order valence-electron chi connectivity index (χ2n) is 4.22. The third-order valence-corrected chi connectivity index (χ3v) is 4.63. The van der Waals surface area contributed by atoms with Gasteiger partial charge in [-0.05, 0) is 36.4 Å². The van der Waals surface area contributed by atoms with Gasteiger partial charge in [0.25, 0.3) is 0 Å². The summed E-state index contributed by atoms with van der Waals surface area (Å²) >= 11 is 11.8. The van der Waals surface area contributed by atoms with Crippen LogP contribution in [0.2, 0.25) is 10.0 Å². The van der Waals surface area contributed by atoms with Gasteiger partial charge in [-0.3, -0.25) is 9.00 Å². The highest BCUT2D eigenvalue weighted by Gasteiger charge is 2.14. The molecule has 0 aliphatic heterocycles. The molecule has 0 saturated carbocycles. The smallest absolute Gasteiger partial charge is 0.175 e. The zero-order valence-electron chi connectivity index (χ0n) is 11.1. The molecule has 0 spiro atoms. The fourth-order valence-corrected chi connectivity index (χ4v) is 3.31. The number of rotatable bonds is 5. The standard InChI is InChI=1S/C15H12Cl2O3S/c1-20-15-6-5-10(7-13(15)17)14(18)9-21(19)12-4-2-3-11(16)8-12/h2-8H,9H2,1H3. The van der Waals surface area contributed by atoms with Crippen LogP contribution in [-0.4, -0.2) is 22.9 Å². The van der Waals surface area contributed by atoms with E-state index in [0.29, 0.717) is 26.3 Å². The molecule has 1 unspecified atom stereocenters. The van der Waals surface area contributed by atoms with E-state index in [0.717, 1.165) is 0 Å². The Hall–Kier alpha value is -1.36. The highest BCUT2D eigenvalue weighted by Crippen LogP contribution is 2.25. The van der Waals surface area contributed by atoms with Gasteiger partial charge in [-0.15, -0.1) is 0 Å². The quantitative estimate of drug-likeness (QED) is 0.771. The molecular formula is C15H12Cl2O3S. The highest BCUT2D eigenvalue weighted by molar-refractivity contribution is 7.85. The number of carbonyl (C=O) groups excluding carboxylic acids is 1. The fraction of sp³-hybridized carbons (Fsp3) is 0.133. The zero-order chi connectivity index (χ0) is 15.4. The molecule has 0 aliphatic rings. The highest BCUT2D eigenvalue weighted by atomic mass is 35.5. The molecule has 6 heteroatoms. The third kappa shape index (κ3) is 4.06. The Morgan fingerprint density at radius 2 is 1.95 bits per heavy atom. The van der Waals surface area contributed by atoms with E-state index in [9.17, 15) is 9.00 Å². The molecule has 3 nitrogen and oxygen atoms in total. The molecule has 2 rings (SSSR count). The first-order valence-corrected chi connectivity index (χ1v) is 8.09. The van der Waals surface area contributed by atoms with Crippen LogP contribution < -0.4 is 4.74 Å². The predicted molar refractivity (Wildman–Crippen MR) is 85.1 cm³/mol. The topological polar surface area (TPSA) is 43.4 Å². The van der Waals surface area contributed by atoms with Gasteiger partial charge in [0.15, 0.2) is 5.78 Å². The lowest BCUT2D eigenvalue weighted by atomic mass is 10.1. The van der Waals surface area contributed by atoms with E-state index in [1.165, 1.54) is 13.2 Å². The first kappa shape index (κ1) is 16.0. The Labute approximate surface area is 135 Å². The Balaban J connectivity index is 2.14. The monoisotopic (exact) mass is 342 g/mol. The number of hydrogen-bond donors (Lipinski definition) is 0. The van der Waals surface area contributed by atoms with Crippen molar-refractivity contribution in [2.75, 3.05) is 12.9 Å². The second kappa shape index (κ2) is 7.07. The summed E-state index contributed by atoms with van der Waals surface area (Å²) < 4.78 is 17.2. The predicted octanol–water partition coefficient (Wildman–Crippen LogP) is 3.99. The maximum absolute atomic E-state index is 12.2. The molecule has 0 amide bonds. The van der Waals surface area contributed by atoms with Crippen molar-refractivity contribution in [1.29, 1.82) is 0 Å². The molecule has 2 aromatic carbocycles. The average Bonchev–Trinajstić information content (AvgIpc) is 2.47. The Kier molecular flexibility index (Phi) is 5.39. The lowest BCUT2D eigenvalue weighted by Crippen LogP contribution is -2.11. The Morgan fingerprint density at radius 1 is 1.19 bits per heavy atom. The number of benzene rings is 2. The van der Waals surface area contributed by atoms with E-state index in [1.807, 2.05) is 0 Å². The van der Waals surface area contributed by atoms with Crippen LogP contribution in [0.1, 0.15) is 10.4 Å². The lowest BCUT2D eigenvalue weighted by Gasteiger charge is -2.06. The van der Waals surface area contributed by atoms with Crippen molar-refractivity contribution in [3.63, 3.8) is 0 Å². The van der Waals surface area contributed by atoms with Gasteiger partial charge in [-0.2, -0.15) is 0 Å². The van der Waals surface area contributed by atoms with Crippen LogP contribution in [0.15, 0.2) is 47.4 Å². The van der Waals surface area contributed by atoms with Gasteiger partial charge in [0.1, 0.15) is 5.75 Å². The summed E-state index contributed by atoms with van der Waals surface area (Å²) in [6.45, 7) is 0. The molecule has 0 fully saturated rings. The van der Waals surface area contributed by atoms with Crippen LogP contribution in [0.4, 0.5) is 0 Å². The van der Waals surface area contributed by atoms with Crippen LogP contribution in [0.25, 0.3) is 0 Å². The summed E-state index contributed by atoms with van der Waals surface area (Å²) in [5.74, 6) is 0.116. The number of ketones is 1. The largest absolute Gasteiger partial charge is 0.495 e. The fourth-order valence-electron chi connectivity index (χ4n) is 1.73. The Bertz CT molecular complexity index is 701. The van der Waals surface area contributed by atoms with Crippen molar-refractivity contribution in [3.8, 4) is 5.75 Å². The molecule has 0 N–H and O–H groups in total. The summed E-state index contributed by atoms with van der Waals surface area (Å²) in [5, 5.41) is 0.831. The van der Waals surface area contributed by atoms with Gasteiger partial charge in [0.2, 0.25) is 0 Å². The SMILES string of the molecule is COc1ccc(C(=O)CS(=O)c2cccc(Cl)c2)cc1Cl. The molecule has 0 heterocycles. The number of methoxy groups -OCH3 is 1. The van der Waals surface area contributed by atoms with Crippen LogP contribution >= 0.6 is 23.2 Å². The van der Waals surface area contributed by atoms with Crippen molar-refractivity contribution in [1.82, 2.24) is 0 Å². The van der Waals surface area contributed by atoms with E-state index in [1.54, 1.807) is 36.4 Å². The van der Waals surface area contributed by atoms with E-state index in [-0.39, 0.29) is 11.5 Å². The molecule has 0 radical (unpaired) electrons. The van der Waals surface area contributed by atoms with Gasteiger partial charge in [0.05, 0.1) is 28.7 Å². The van der Waals surface area contributed by atoms with E-state index >= 15 is 0 Å². The van der Waals surface area contributed by atoms with Crippen LogP contribution in [0.3, 0.4) is 0 Å². The minimum atomic E-state index is -1.45. The average molecular weight is 343 g/mol. The lowest BCUT2D eigenvalue weighted by molar-refractivity contribution is 0.102. The van der Waals surface area contributed by atoms with E-state index in [4.69, 9.17) is 27.9 Å². The molecular weight excluding hydrogens is 331 g/mol. The first-order valence-electron chi connectivity index (χ1n) is 6.02. The first-order chi connectivity index (χ1) is 10.0. The van der Waals surface area contributed by atoms with Gasteiger partial charge in [-0.25, -0.2) is 0 Å². The second-order valence-corrected chi connectivity index (χ2v) is 6.51. The van der Waals surface area contributed by atoms with Crippen molar-refractivity contribution in [3.05, 3.63) is 58.1 Å². The van der Waals surface area contributed by atoms with Gasteiger partial charge < -0.3 is 4.74 Å². The minimum absolute atomic E-state index is 0.122. The van der Waals surface area contributed by atoms with E-state index in [2.05, 4.69) is 0 Å². The number of Topliss-reactive ketones (excluding diaryl/α,β-unsaturated/α-hetero) is 1. The van der Waals surface area contributed by atoms with Gasteiger partial charge >= 0.3 is 0 Å². The van der Waals surface area contributed by atoms with Crippen molar-refractivity contribution in [2.24, 2.45) is 0 Å². The van der Waals surface area contributed by atoms with Crippen LogP contribution in [0, 0.1) is 0 Å². The number of halogens is 2. The minimum Gasteiger partial charge on any atom is -0.495 e. The van der Waals surface area contributed by atoms with Gasteiger partial charge in [-0.1, -0.05) is 29.3 Å². The molecule has 110 valence electrons. The summed E-state index contributed by atoms with van der Waals surface area (Å²) in [7, 11) is 0.0506. The molecule has 0 aromatic heterocycles. The van der Waals surface area contributed by atoms with Crippen molar-refractivity contribution < 1.29 is 13.7 Å². The molecule has 21 heavy (non-hydrogen) atoms. The summed E-state index contributed by atoms with van der Waals surface area (Å²) in [6.07, 6.45) is 0. The number of ether oxygens (including phenoxy) is 1. The van der Waals surface area contributed by atoms with Crippen LogP contribution in [0.5, 0.6) is 5.75 Å². The molecule has 0 bridgehead atoms. The summed E-state index contributed by atoms with van der Waals surface area (Å²) in [5.41, 5.74) is 0.399.